The third-order valence-electron chi connectivity index (χ3n) is 6.22. The maximum atomic E-state index is 12.7. The third-order valence-corrected chi connectivity index (χ3v) is 7.97. The zero-order valence-electron chi connectivity index (χ0n) is 17.0. The number of nitrogens with zero attached hydrogens (tertiary/aromatic N) is 3. The number of likely N-dealkylation sites (N-methyl/N-ethyl adjacent to an activating group) is 1. The van der Waals surface area contributed by atoms with Gasteiger partial charge in [0.25, 0.3) is 0 Å². The molecular formula is C22H29N3O3S. The first-order valence-corrected chi connectivity index (χ1v) is 12.1. The maximum Gasteiger partial charge on any atom is 0.236 e. The molecule has 0 saturated carbocycles. The first-order chi connectivity index (χ1) is 13.9. The summed E-state index contributed by atoms with van der Waals surface area (Å²) in [5.74, 6) is 0.514. The molecule has 2 heterocycles. The molecule has 0 spiro atoms. The van der Waals surface area contributed by atoms with Gasteiger partial charge in [0.2, 0.25) is 5.91 Å². The molecule has 29 heavy (non-hydrogen) atoms. The van der Waals surface area contributed by atoms with Crippen LogP contribution in [0, 0.1) is 0 Å². The van der Waals surface area contributed by atoms with Gasteiger partial charge >= 0.3 is 0 Å². The summed E-state index contributed by atoms with van der Waals surface area (Å²) in [6.07, 6.45) is 0.630. The summed E-state index contributed by atoms with van der Waals surface area (Å²) >= 11 is 0. The normalized spacial score (nSPS) is 22.4. The minimum absolute atomic E-state index is 0.0309. The maximum absolute atomic E-state index is 12.7. The number of carbonyl (C=O) groups is 1. The molecule has 2 aliphatic rings. The topological polar surface area (TPSA) is 60.9 Å². The van der Waals surface area contributed by atoms with Crippen LogP contribution in [0.4, 0.5) is 0 Å². The Hall–Kier alpha value is -1.96. The van der Waals surface area contributed by atoms with Crippen LogP contribution in [0.15, 0.2) is 42.5 Å². The van der Waals surface area contributed by atoms with Crippen LogP contribution in [0.5, 0.6) is 0 Å². The molecule has 0 bridgehead atoms. The van der Waals surface area contributed by atoms with E-state index in [9.17, 15) is 13.2 Å². The molecule has 0 unspecified atom stereocenters. The molecule has 0 aromatic heterocycles. The van der Waals surface area contributed by atoms with E-state index < -0.39 is 9.84 Å². The number of rotatable bonds is 5. The van der Waals surface area contributed by atoms with E-state index in [0.29, 0.717) is 13.0 Å². The first kappa shape index (κ1) is 20.3. The number of fused-ring (bicyclic) bond motifs is 1. The molecule has 2 saturated heterocycles. The van der Waals surface area contributed by atoms with Crippen molar-refractivity contribution in [3.63, 3.8) is 0 Å². The van der Waals surface area contributed by atoms with Gasteiger partial charge in [-0.15, -0.1) is 0 Å². The highest BCUT2D eigenvalue weighted by atomic mass is 32.2. The Labute approximate surface area is 173 Å². The van der Waals surface area contributed by atoms with Crippen molar-refractivity contribution in [2.24, 2.45) is 0 Å². The van der Waals surface area contributed by atoms with Crippen molar-refractivity contribution in [2.75, 3.05) is 51.3 Å². The summed E-state index contributed by atoms with van der Waals surface area (Å²) in [4.78, 5) is 18.9. The molecule has 1 atom stereocenters. The Morgan fingerprint density at radius 2 is 1.79 bits per heavy atom. The number of hydrogen-bond donors (Lipinski definition) is 0. The molecule has 1 amide bonds. The van der Waals surface area contributed by atoms with E-state index in [1.807, 2.05) is 16.8 Å². The van der Waals surface area contributed by atoms with Crippen molar-refractivity contribution >= 4 is 26.5 Å². The van der Waals surface area contributed by atoms with Crippen LogP contribution in [-0.2, 0) is 21.2 Å². The quantitative estimate of drug-likeness (QED) is 0.742. The predicted molar refractivity (Wildman–Crippen MR) is 115 cm³/mol. The van der Waals surface area contributed by atoms with Crippen molar-refractivity contribution in [1.82, 2.24) is 14.7 Å². The summed E-state index contributed by atoms with van der Waals surface area (Å²) in [6, 6.07) is 14.9. The van der Waals surface area contributed by atoms with Gasteiger partial charge in [-0.2, -0.15) is 0 Å². The molecule has 0 radical (unpaired) electrons. The van der Waals surface area contributed by atoms with Gasteiger partial charge in [-0.25, -0.2) is 8.42 Å². The lowest BCUT2D eigenvalue weighted by Gasteiger charge is -2.36. The van der Waals surface area contributed by atoms with Crippen molar-refractivity contribution in [3.05, 3.63) is 48.0 Å². The monoisotopic (exact) mass is 415 g/mol. The van der Waals surface area contributed by atoms with Gasteiger partial charge < -0.3 is 4.90 Å². The van der Waals surface area contributed by atoms with Gasteiger partial charge in [-0.1, -0.05) is 42.5 Å². The minimum atomic E-state index is -2.93. The van der Waals surface area contributed by atoms with Gasteiger partial charge in [0.15, 0.2) is 9.84 Å². The average Bonchev–Trinajstić information content (AvgIpc) is 3.09. The van der Waals surface area contributed by atoms with Crippen molar-refractivity contribution in [2.45, 2.75) is 19.0 Å². The van der Waals surface area contributed by atoms with E-state index in [0.717, 1.165) is 32.7 Å². The standard InChI is InChI=1S/C22H29N3O3S/c1-23(20-9-14-29(27,28)17-20)16-22(26)25-12-10-24(11-13-25)15-19-7-4-6-18-5-2-3-8-21(18)19/h2-8,20H,9-17H2,1H3/t20-/m1/s1. The van der Waals surface area contributed by atoms with E-state index >= 15 is 0 Å². The van der Waals surface area contributed by atoms with Gasteiger partial charge in [-0.05, 0) is 29.8 Å². The van der Waals surface area contributed by atoms with Crippen LogP contribution in [-0.4, -0.2) is 86.3 Å². The predicted octanol–water partition coefficient (Wildman–Crippen LogP) is 1.60. The number of sulfone groups is 1. The van der Waals surface area contributed by atoms with E-state index in [4.69, 9.17) is 0 Å². The average molecular weight is 416 g/mol. The molecule has 2 aliphatic heterocycles. The van der Waals surface area contributed by atoms with Crippen molar-refractivity contribution < 1.29 is 13.2 Å². The number of benzene rings is 2. The second-order valence-electron chi connectivity index (χ2n) is 8.27. The van der Waals surface area contributed by atoms with E-state index in [2.05, 4.69) is 47.4 Å². The van der Waals surface area contributed by atoms with E-state index in [-0.39, 0.29) is 23.5 Å². The van der Waals surface area contributed by atoms with Crippen LogP contribution < -0.4 is 0 Å². The molecule has 7 heteroatoms. The lowest BCUT2D eigenvalue weighted by Crippen LogP contribution is -2.51. The highest BCUT2D eigenvalue weighted by Crippen LogP contribution is 2.21. The molecule has 0 N–H and O–H groups in total. The largest absolute Gasteiger partial charge is 0.339 e. The Morgan fingerprint density at radius 1 is 1.07 bits per heavy atom. The number of amides is 1. The van der Waals surface area contributed by atoms with Gasteiger partial charge in [0.05, 0.1) is 18.1 Å². The smallest absolute Gasteiger partial charge is 0.236 e. The SMILES string of the molecule is CN(CC(=O)N1CCN(Cc2cccc3ccccc23)CC1)[C@@H]1CCS(=O)(=O)C1. The Balaban J connectivity index is 1.29. The third kappa shape index (κ3) is 4.79. The second kappa shape index (κ2) is 8.42. The summed E-state index contributed by atoms with van der Waals surface area (Å²) in [6.45, 7) is 4.35. The van der Waals surface area contributed by atoms with Crippen LogP contribution in [0.2, 0.25) is 0 Å². The van der Waals surface area contributed by atoms with Gasteiger partial charge in [0.1, 0.15) is 0 Å². The van der Waals surface area contributed by atoms with E-state index in [1.165, 1.54) is 16.3 Å². The highest BCUT2D eigenvalue weighted by molar-refractivity contribution is 7.91. The molecular weight excluding hydrogens is 386 g/mol. The fourth-order valence-electron chi connectivity index (χ4n) is 4.39. The number of hydrogen-bond acceptors (Lipinski definition) is 5. The summed E-state index contributed by atoms with van der Waals surface area (Å²) < 4.78 is 23.3. The van der Waals surface area contributed by atoms with E-state index in [1.54, 1.807) is 0 Å². The van der Waals surface area contributed by atoms with Crippen molar-refractivity contribution in [3.8, 4) is 0 Å². The summed E-state index contributed by atoms with van der Waals surface area (Å²) in [5, 5.41) is 2.55. The zero-order chi connectivity index (χ0) is 20.4. The lowest BCUT2D eigenvalue weighted by atomic mass is 10.0. The molecule has 6 nitrogen and oxygen atoms in total. The first-order valence-electron chi connectivity index (χ1n) is 10.3. The number of piperazine rings is 1. The van der Waals surface area contributed by atoms with Crippen LogP contribution in [0.3, 0.4) is 0 Å². The molecule has 156 valence electrons. The summed E-state index contributed by atoms with van der Waals surface area (Å²) in [7, 11) is -1.07. The van der Waals surface area contributed by atoms with Crippen LogP contribution >= 0.6 is 0 Å². The van der Waals surface area contributed by atoms with Gasteiger partial charge in [-0.3, -0.25) is 14.6 Å². The zero-order valence-corrected chi connectivity index (χ0v) is 17.8. The minimum Gasteiger partial charge on any atom is -0.339 e. The van der Waals surface area contributed by atoms with Crippen LogP contribution in [0.1, 0.15) is 12.0 Å². The molecule has 4 rings (SSSR count). The molecule has 0 aliphatic carbocycles. The number of carbonyl (C=O) groups excluding carboxylic acids is 1. The van der Waals surface area contributed by atoms with Crippen LogP contribution in [0.25, 0.3) is 10.8 Å². The second-order valence-corrected chi connectivity index (χ2v) is 10.5. The highest BCUT2D eigenvalue weighted by Gasteiger charge is 2.32. The fourth-order valence-corrected chi connectivity index (χ4v) is 6.20. The van der Waals surface area contributed by atoms with Gasteiger partial charge in [0, 0.05) is 38.8 Å². The fraction of sp³-hybridized carbons (Fsp3) is 0.500. The Bertz CT molecular complexity index is 978. The van der Waals surface area contributed by atoms with Crippen molar-refractivity contribution in [1.29, 1.82) is 0 Å². The molecule has 2 aromatic carbocycles. The Kier molecular flexibility index (Phi) is 5.90. The molecule has 2 aromatic rings. The lowest BCUT2D eigenvalue weighted by molar-refractivity contribution is -0.134. The Morgan fingerprint density at radius 3 is 2.52 bits per heavy atom. The molecule has 2 fully saturated rings. The summed E-state index contributed by atoms with van der Waals surface area (Å²) in [5.41, 5.74) is 1.32.